The normalized spacial score (nSPS) is 51.5. The molecule has 0 aromatic heterocycles. The maximum Gasteiger partial charge on any atom is 0.0800 e. The van der Waals surface area contributed by atoms with Crippen LogP contribution in [-0.4, -0.2) is 15.5 Å². The van der Waals surface area contributed by atoms with Crippen molar-refractivity contribution < 1.29 is 5.11 Å². The van der Waals surface area contributed by atoms with Crippen molar-refractivity contribution in [2.45, 2.75) is 43.0 Å². The molecule has 2 rings (SSSR count). The van der Waals surface area contributed by atoms with Gasteiger partial charge in [-0.05, 0) is 44.4 Å². The Kier molecular flexibility index (Phi) is 1.80. The molecular weight excluding hydrogens is 204 g/mol. The maximum atomic E-state index is 10.2. The van der Waals surface area contributed by atoms with Crippen molar-refractivity contribution in [1.82, 2.24) is 0 Å². The first kappa shape index (κ1) is 8.06. The summed E-state index contributed by atoms with van der Waals surface area (Å²) in [5, 5.41) is 10.2. The van der Waals surface area contributed by atoms with Gasteiger partial charge in [0.05, 0.1) is 5.60 Å². The molecule has 4 atom stereocenters. The van der Waals surface area contributed by atoms with Gasteiger partial charge in [0.25, 0.3) is 0 Å². The van der Waals surface area contributed by atoms with Gasteiger partial charge in [0, 0.05) is 4.83 Å². The summed E-state index contributed by atoms with van der Waals surface area (Å²) in [7, 11) is 0. The topological polar surface area (TPSA) is 20.2 Å². The summed E-state index contributed by atoms with van der Waals surface area (Å²) in [6, 6.07) is 0. The number of hydrogen-bond acceptors (Lipinski definition) is 1. The quantitative estimate of drug-likeness (QED) is 0.671. The van der Waals surface area contributed by atoms with Crippen molar-refractivity contribution in [2.24, 2.45) is 11.8 Å². The van der Waals surface area contributed by atoms with Crippen molar-refractivity contribution in [3.63, 3.8) is 0 Å². The summed E-state index contributed by atoms with van der Waals surface area (Å²) in [4.78, 5) is 0.269. The van der Waals surface area contributed by atoms with Gasteiger partial charge in [-0.25, -0.2) is 0 Å². The van der Waals surface area contributed by atoms with E-state index in [1.54, 1.807) is 0 Å². The molecule has 0 aromatic rings. The Balaban J connectivity index is 2.16. The van der Waals surface area contributed by atoms with E-state index in [4.69, 9.17) is 0 Å². The van der Waals surface area contributed by atoms with Gasteiger partial charge < -0.3 is 5.11 Å². The number of fused-ring (bicyclic) bond motifs is 2. The molecule has 2 fully saturated rings. The fraction of sp³-hybridized carbons (Fsp3) is 1.00. The van der Waals surface area contributed by atoms with Crippen molar-refractivity contribution in [3.05, 3.63) is 0 Å². The zero-order chi connectivity index (χ0) is 8.06. The summed E-state index contributed by atoms with van der Waals surface area (Å²) in [6.07, 6.45) is 4.90. The Morgan fingerprint density at radius 3 is 2.55 bits per heavy atom. The summed E-state index contributed by atoms with van der Waals surface area (Å²) < 4.78 is 0. The lowest BCUT2D eigenvalue weighted by Crippen LogP contribution is -2.42. The van der Waals surface area contributed by atoms with E-state index in [1.165, 1.54) is 19.3 Å². The molecule has 0 amide bonds. The van der Waals surface area contributed by atoms with Crippen LogP contribution >= 0.6 is 15.9 Å². The Labute approximate surface area is 76.3 Å². The highest BCUT2D eigenvalue weighted by Gasteiger charge is 2.51. The van der Waals surface area contributed by atoms with Crippen LogP contribution in [0.2, 0.25) is 0 Å². The molecule has 2 aliphatic carbocycles. The third-order valence-corrected chi connectivity index (χ3v) is 4.35. The first-order valence-electron chi connectivity index (χ1n) is 4.49. The Morgan fingerprint density at radius 1 is 1.55 bits per heavy atom. The first-order chi connectivity index (χ1) is 5.13. The highest BCUT2D eigenvalue weighted by molar-refractivity contribution is 9.09. The van der Waals surface area contributed by atoms with Crippen LogP contribution in [0.25, 0.3) is 0 Å². The number of hydrogen-bond donors (Lipinski definition) is 1. The van der Waals surface area contributed by atoms with Crippen LogP contribution < -0.4 is 0 Å². The molecule has 0 saturated heterocycles. The molecule has 0 aromatic carbocycles. The molecule has 0 spiro atoms. The zero-order valence-corrected chi connectivity index (χ0v) is 8.47. The van der Waals surface area contributed by atoms with Crippen molar-refractivity contribution in [2.75, 3.05) is 0 Å². The Hall–Kier alpha value is 0.440. The third-order valence-electron chi connectivity index (χ3n) is 3.55. The van der Waals surface area contributed by atoms with E-state index >= 15 is 0 Å². The molecule has 0 aliphatic heterocycles. The van der Waals surface area contributed by atoms with Gasteiger partial charge in [0.15, 0.2) is 0 Å². The first-order valence-corrected chi connectivity index (χ1v) is 5.41. The molecular formula is C9H15BrO. The van der Waals surface area contributed by atoms with Gasteiger partial charge in [-0.3, -0.25) is 0 Å². The van der Waals surface area contributed by atoms with Crippen molar-refractivity contribution in [1.29, 1.82) is 0 Å². The lowest BCUT2D eigenvalue weighted by molar-refractivity contribution is -0.00923. The van der Waals surface area contributed by atoms with Crippen LogP contribution in [-0.2, 0) is 0 Å². The van der Waals surface area contributed by atoms with Gasteiger partial charge >= 0.3 is 0 Å². The molecule has 1 N–H and O–H groups in total. The molecule has 1 nitrogen and oxygen atoms in total. The van der Waals surface area contributed by atoms with E-state index in [2.05, 4.69) is 22.9 Å². The third kappa shape index (κ3) is 1.06. The summed E-state index contributed by atoms with van der Waals surface area (Å²) >= 11 is 3.51. The summed E-state index contributed by atoms with van der Waals surface area (Å²) in [5.74, 6) is 1.41. The average molecular weight is 219 g/mol. The van der Waals surface area contributed by atoms with E-state index in [-0.39, 0.29) is 10.4 Å². The number of alkyl halides is 1. The molecule has 0 radical (unpaired) electrons. The second-order valence-corrected chi connectivity index (χ2v) is 5.56. The van der Waals surface area contributed by atoms with Gasteiger partial charge in [-0.2, -0.15) is 0 Å². The zero-order valence-electron chi connectivity index (χ0n) is 6.89. The molecule has 4 unspecified atom stereocenters. The van der Waals surface area contributed by atoms with Crippen molar-refractivity contribution >= 4 is 15.9 Å². The van der Waals surface area contributed by atoms with Crippen LogP contribution in [0.3, 0.4) is 0 Å². The van der Waals surface area contributed by atoms with Gasteiger partial charge in [0.1, 0.15) is 0 Å². The van der Waals surface area contributed by atoms with Gasteiger partial charge in [0.2, 0.25) is 0 Å². The highest BCUT2D eigenvalue weighted by Crippen LogP contribution is 2.53. The second-order valence-electron chi connectivity index (χ2n) is 4.19. The van der Waals surface area contributed by atoms with E-state index < -0.39 is 0 Å². The lowest BCUT2D eigenvalue weighted by atomic mass is 9.82. The van der Waals surface area contributed by atoms with E-state index in [0.717, 1.165) is 12.3 Å². The van der Waals surface area contributed by atoms with Gasteiger partial charge in [-0.1, -0.05) is 15.9 Å². The molecule has 2 aliphatic rings. The molecule has 64 valence electrons. The largest absolute Gasteiger partial charge is 0.388 e. The molecule has 11 heavy (non-hydrogen) atoms. The minimum atomic E-state index is -0.372. The SMILES string of the molecule is CC(Br)C1(O)CC2CCC1C2. The molecule has 2 heteroatoms. The van der Waals surface area contributed by atoms with E-state index in [0.29, 0.717) is 5.92 Å². The Bertz CT molecular complexity index is 169. The van der Waals surface area contributed by atoms with Crippen LogP contribution in [0.4, 0.5) is 0 Å². The smallest absolute Gasteiger partial charge is 0.0800 e. The standard InChI is InChI=1S/C9H15BrO/c1-6(10)9(11)5-7-2-3-8(9)4-7/h6-8,11H,2-5H2,1H3. The maximum absolute atomic E-state index is 10.2. The van der Waals surface area contributed by atoms with E-state index in [9.17, 15) is 5.11 Å². The molecule has 0 heterocycles. The van der Waals surface area contributed by atoms with Crippen molar-refractivity contribution in [3.8, 4) is 0 Å². The number of aliphatic hydroxyl groups is 1. The van der Waals surface area contributed by atoms with E-state index in [1.807, 2.05) is 0 Å². The monoisotopic (exact) mass is 218 g/mol. The predicted molar refractivity (Wildman–Crippen MR) is 48.8 cm³/mol. The van der Waals surface area contributed by atoms with Crippen LogP contribution in [0.5, 0.6) is 0 Å². The van der Waals surface area contributed by atoms with Crippen LogP contribution in [0.1, 0.15) is 32.6 Å². The van der Waals surface area contributed by atoms with Gasteiger partial charge in [-0.15, -0.1) is 0 Å². The predicted octanol–water partition coefficient (Wildman–Crippen LogP) is 2.32. The number of rotatable bonds is 1. The van der Waals surface area contributed by atoms with Crippen LogP contribution in [0, 0.1) is 11.8 Å². The average Bonchev–Trinajstić information content (AvgIpc) is 2.45. The Morgan fingerprint density at radius 2 is 2.27 bits per heavy atom. The second kappa shape index (κ2) is 2.46. The summed E-state index contributed by atoms with van der Waals surface area (Å²) in [5.41, 5.74) is -0.372. The molecule has 2 saturated carbocycles. The number of halogens is 1. The fourth-order valence-electron chi connectivity index (χ4n) is 2.83. The fourth-order valence-corrected chi connectivity index (χ4v) is 3.39. The minimum Gasteiger partial charge on any atom is -0.388 e. The highest BCUT2D eigenvalue weighted by atomic mass is 79.9. The summed E-state index contributed by atoms with van der Waals surface area (Å²) in [6.45, 7) is 2.07. The minimum absolute atomic E-state index is 0.269. The van der Waals surface area contributed by atoms with Crippen LogP contribution in [0.15, 0.2) is 0 Å². The molecule has 2 bridgehead atoms. The lowest BCUT2D eigenvalue weighted by Gasteiger charge is -2.35.